The van der Waals surface area contributed by atoms with E-state index < -0.39 is 8.07 Å². The molecule has 63 heavy (non-hydrogen) atoms. The summed E-state index contributed by atoms with van der Waals surface area (Å²) in [6.45, 7) is 0. The van der Waals surface area contributed by atoms with Crippen molar-refractivity contribution in [2.45, 2.75) is 0 Å². The molecule has 0 fully saturated rings. The predicted molar refractivity (Wildman–Crippen MR) is 270 cm³/mol. The van der Waals surface area contributed by atoms with Crippen molar-refractivity contribution in [3.8, 4) is 33.6 Å². The summed E-state index contributed by atoms with van der Waals surface area (Å²) in [6.07, 6.45) is 0. The van der Waals surface area contributed by atoms with Crippen LogP contribution in [0.3, 0.4) is 0 Å². The van der Waals surface area contributed by atoms with E-state index in [-0.39, 0.29) is 0 Å². The van der Waals surface area contributed by atoms with Gasteiger partial charge in [-0.3, -0.25) is 0 Å². The van der Waals surface area contributed by atoms with Crippen molar-refractivity contribution in [3.63, 3.8) is 0 Å². The van der Waals surface area contributed by atoms with Gasteiger partial charge in [0.1, 0.15) is 0 Å². The SMILES string of the molecule is c1ccc(-c2ccc3c4ccc(-c5ccccc5)cc4n(-c4ccc5c(c4)c4ccccc4n5-c4ccc([Si](c5ccccc5)(c5ccccc5)c5ccccc5)cc4)c3c2)cc1. The highest BCUT2D eigenvalue weighted by atomic mass is 28.3. The van der Waals surface area contributed by atoms with E-state index in [0.717, 1.165) is 11.4 Å². The molecule has 296 valence electrons. The summed E-state index contributed by atoms with van der Waals surface area (Å²) < 4.78 is 4.92. The summed E-state index contributed by atoms with van der Waals surface area (Å²) in [6, 6.07) is 94.1. The van der Waals surface area contributed by atoms with Gasteiger partial charge >= 0.3 is 0 Å². The van der Waals surface area contributed by atoms with Gasteiger partial charge in [0.05, 0.1) is 22.1 Å². The van der Waals surface area contributed by atoms with Crippen LogP contribution in [-0.4, -0.2) is 17.2 Å². The number of hydrogen-bond donors (Lipinski definition) is 0. The lowest BCUT2D eigenvalue weighted by molar-refractivity contribution is 1.17. The second-order valence-electron chi connectivity index (χ2n) is 16.5. The van der Waals surface area contributed by atoms with E-state index in [0.29, 0.717) is 0 Å². The second kappa shape index (κ2) is 15.2. The maximum atomic E-state index is 2.48. The van der Waals surface area contributed by atoms with Gasteiger partial charge in [-0.2, -0.15) is 0 Å². The van der Waals surface area contributed by atoms with Crippen LogP contribution >= 0.6 is 0 Å². The fraction of sp³-hybridized carbons (Fsp3) is 0. The number of nitrogens with zero attached hydrogens (tertiary/aromatic N) is 2. The van der Waals surface area contributed by atoms with E-state index in [1.54, 1.807) is 0 Å². The van der Waals surface area contributed by atoms with Crippen LogP contribution in [0.4, 0.5) is 0 Å². The van der Waals surface area contributed by atoms with E-state index in [1.165, 1.54) is 86.6 Å². The molecule has 0 bridgehead atoms. The molecule has 2 heterocycles. The number of aromatic nitrogens is 2. The molecule has 0 spiro atoms. The number of para-hydroxylation sites is 1. The summed E-state index contributed by atoms with van der Waals surface area (Å²) in [7, 11) is -2.66. The molecular weight excluding hydrogens is 777 g/mol. The minimum absolute atomic E-state index is 1.14. The van der Waals surface area contributed by atoms with Gasteiger partial charge in [0.15, 0.2) is 8.07 Å². The standard InChI is InChI=1S/C60H42N2Si/c1-6-18-43(19-7-1)45-30-37-54-55-38-31-46(44-20-8-2-9-21-44)41-60(55)62(59(54)40-45)48-34-39-58-56(42-48)53-28-16-17-29-57(53)61(58)47-32-35-52(36-33-47)63(49-22-10-3-11-23-49,50-24-12-4-13-25-50)51-26-14-5-15-27-51/h1-42H. The van der Waals surface area contributed by atoms with Crippen molar-refractivity contribution < 1.29 is 0 Å². The quantitative estimate of drug-likeness (QED) is 0.107. The first-order valence-corrected chi connectivity index (χ1v) is 23.8. The molecule has 0 atom stereocenters. The van der Waals surface area contributed by atoms with Gasteiger partial charge in [-0.15, -0.1) is 0 Å². The van der Waals surface area contributed by atoms with Gasteiger partial charge in [-0.25, -0.2) is 0 Å². The van der Waals surface area contributed by atoms with E-state index in [2.05, 4.69) is 264 Å². The van der Waals surface area contributed by atoms with Crippen molar-refractivity contribution in [3.05, 3.63) is 255 Å². The Bertz CT molecular complexity index is 3380. The molecule has 0 aliphatic carbocycles. The lowest BCUT2D eigenvalue weighted by atomic mass is 10.0. The average Bonchev–Trinajstić information content (AvgIpc) is 3.87. The highest BCUT2D eigenvalue weighted by molar-refractivity contribution is 7.19. The third kappa shape index (κ3) is 6.00. The van der Waals surface area contributed by atoms with E-state index in [4.69, 9.17) is 0 Å². The van der Waals surface area contributed by atoms with Crippen LogP contribution in [0.1, 0.15) is 0 Å². The Hall–Kier alpha value is -7.98. The number of fused-ring (bicyclic) bond motifs is 6. The van der Waals surface area contributed by atoms with Crippen LogP contribution < -0.4 is 20.7 Å². The Kier molecular flexibility index (Phi) is 8.87. The van der Waals surface area contributed by atoms with Crippen molar-refractivity contribution in [1.82, 2.24) is 9.13 Å². The minimum Gasteiger partial charge on any atom is -0.309 e. The third-order valence-electron chi connectivity index (χ3n) is 13.1. The average molecular weight is 819 g/mol. The molecule has 0 aliphatic heterocycles. The first-order valence-electron chi connectivity index (χ1n) is 21.8. The Balaban J connectivity index is 1.05. The molecule has 0 saturated heterocycles. The molecule has 12 aromatic rings. The maximum absolute atomic E-state index is 2.66. The Morgan fingerprint density at radius 2 is 0.603 bits per heavy atom. The van der Waals surface area contributed by atoms with Crippen LogP contribution in [0, 0.1) is 0 Å². The highest BCUT2D eigenvalue weighted by Crippen LogP contribution is 2.39. The lowest BCUT2D eigenvalue weighted by Gasteiger charge is -2.34. The first kappa shape index (κ1) is 36.8. The number of benzene rings is 10. The minimum atomic E-state index is -2.66. The predicted octanol–water partition coefficient (Wildman–Crippen LogP) is 12.6. The molecule has 0 unspecified atom stereocenters. The van der Waals surface area contributed by atoms with Gasteiger partial charge in [0.2, 0.25) is 0 Å². The van der Waals surface area contributed by atoms with E-state index in [9.17, 15) is 0 Å². The summed E-state index contributed by atoms with van der Waals surface area (Å²) >= 11 is 0. The molecule has 0 amide bonds. The Morgan fingerprint density at radius 3 is 1.11 bits per heavy atom. The molecule has 12 rings (SSSR count). The van der Waals surface area contributed by atoms with Crippen molar-refractivity contribution in [1.29, 1.82) is 0 Å². The van der Waals surface area contributed by atoms with E-state index >= 15 is 0 Å². The second-order valence-corrected chi connectivity index (χ2v) is 20.3. The third-order valence-corrected chi connectivity index (χ3v) is 17.9. The zero-order valence-corrected chi connectivity index (χ0v) is 35.6. The molecular formula is C60H42N2Si. The highest BCUT2D eigenvalue weighted by Gasteiger charge is 2.41. The zero-order valence-electron chi connectivity index (χ0n) is 34.6. The zero-order chi connectivity index (χ0) is 41.7. The van der Waals surface area contributed by atoms with Gasteiger partial charge in [-0.05, 0) is 91.5 Å². The van der Waals surface area contributed by atoms with Crippen LogP contribution in [0.15, 0.2) is 255 Å². The Labute approximate surface area is 368 Å². The van der Waals surface area contributed by atoms with Gasteiger partial charge in [0, 0.05) is 32.9 Å². The van der Waals surface area contributed by atoms with E-state index in [1.807, 2.05) is 0 Å². The number of hydrogen-bond acceptors (Lipinski definition) is 0. The largest absolute Gasteiger partial charge is 0.309 e. The molecule has 0 saturated carbocycles. The molecule has 0 N–H and O–H groups in total. The monoisotopic (exact) mass is 818 g/mol. The molecule has 0 aliphatic rings. The van der Waals surface area contributed by atoms with Crippen LogP contribution in [0.25, 0.3) is 77.2 Å². The summed E-state index contributed by atoms with van der Waals surface area (Å²) in [5.74, 6) is 0. The normalized spacial score (nSPS) is 11.8. The molecule has 2 nitrogen and oxygen atoms in total. The smallest absolute Gasteiger partial charge is 0.179 e. The maximum Gasteiger partial charge on any atom is 0.179 e. The van der Waals surface area contributed by atoms with Crippen LogP contribution in [0.5, 0.6) is 0 Å². The molecule has 3 heteroatoms. The summed E-state index contributed by atoms with van der Waals surface area (Å²) in [5.41, 5.74) is 11.9. The fourth-order valence-electron chi connectivity index (χ4n) is 10.2. The summed E-state index contributed by atoms with van der Waals surface area (Å²) in [5, 5.41) is 10.4. The molecule has 10 aromatic carbocycles. The van der Waals surface area contributed by atoms with Crippen LogP contribution in [0.2, 0.25) is 0 Å². The number of rotatable bonds is 8. The van der Waals surface area contributed by atoms with Crippen molar-refractivity contribution in [2.24, 2.45) is 0 Å². The van der Waals surface area contributed by atoms with Crippen LogP contribution in [-0.2, 0) is 0 Å². The van der Waals surface area contributed by atoms with Crippen molar-refractivity contribution >= 4 is 72.4 Å². The lowest BCUT2D eigenvalue weighted by Crippen LogP contribution is -2.74. The van der Waals surface area contributed by atoms with Crippen molar-refractivity contribution in [2.75, 3.05) is 0 Å². The topological polar surface area (TPSA) is 9.86 Å². The Morgan fingerprint density at radius 1 is 0.222 bits per heavy atom. The fourth-order valence-corrected chi connectivity index (χ4v) is 15.0. The molecule has 0 radical (unpaired) electrons. The van der Waals surface area contributed by atoms with Gasteiger partial charge < -0.3 is 9.13 Å². The summed E-state index contributed by atoms with van der Waals surface area (Å²) in [4.78, 5) is 0. The van der Waals surface area contributed by atoms with Gasteiger partial charge in [0.25, 0.3) is 0 Å². The molecule has 2 aromatic heterocycles. The van der Waals surface area contributed by atoms with Gasteiger partial charge in [-0.1, -0.05) is 206 Å². The first-order chi connectivity index (χ1) is 31.3.